The molecule has 3 heterocycles. The fourth-order valence-corrected chi connectivity index (χ4v) is 4.25. The van der Waals surface area contributed by atoms with E-state index in [1.165, 1.54) is 6.33 Å². The first-order valence-corrected chi connectivity index (χ1v) is 12.2. The van der Waals surface area contributed by atoms with Crippen LogP contribution < -0.4 is 15.5 Å². The normalized spacial score (nSPS) is 11.4. The van der Waals surface area contributed by atoms with Crippen LogP contribution >= 0.6 is 0 Å². The molecule has 0 radical (unpaired) electrons. The Labute approximate surface area is 217 Å². The number of carbonyl (C=O) groups excluding carboxylic acids is 1. The van der Waals surface area contributed by atoms with Crippen LogP contribution in [0.2, 0.25) is 0 Å². The zero-order chi connectivity index (χ0) is 26.4. The number of anilines is 2. The van der Waals surface area contributed by atoms with Crippen LogP contribution in [-0.2, 0) is 6.42 Å². The lowest BCUT2D eigenvalue weighted by molar-refractivity contribution is 0.0964. The second kappa shape index (κ2) is 11.3. The van der Waals surface area contributed by atoms with Crippen molar-refractivity contribution in [3.63, 3.8) is 0 Å². The number of benzene rings is 1. The van der Waals surface area contributed by atoms with Crippen molar-refractivity contribution in [2.75, 3.05) is 44.0 Å². The molecule has 0 saturated heterocycles. The molecule has 9 heteroatoms. The van der Waals surface area contributed by atoms with Gasteiger partial charge in [-0.2, -0.15) is 0 Å². The van der Waals surface area contributed by atoms with Gasteiger partial charge < -0.3 is 20.6 Å². The van der Waals surface area contributed by atoms with E-state index in [4.69, 9.17) is 0 Å². The number of aliphatic hydroxyl groups is 1. The molecule has 1 amide bonds. The lowest BCUT2D eigenvalue weighted by Crippen LogP contribution is -2.34. The van der Waals surface area contributed by atoms with Gasteiger partial charge in [-0.05, 0) is 30.2 Å². The van der Waals surface area contributed by atoms with Crippen molar-refractivity contribution in [2.24, 2.45) is 5.41 Å². The average Bonchev–Trinajstić information content (AvgIpc) is 2.92. The van der Waals surface area contributed by atoms with Crippen molar-refractivity contribution >= 4 is 28.4 Å². The number of nitrogens with zero attached hydrogens (tertiary/aromatic N) is 5. The molecule has 9 nitrogen and oxygen atoms in total. The quantitative estimate of drug-likeness (QED) is 0.303. The predicted molar refractivity (Wildman–Crippen MR) is 147 cm³/mol. The van der Waals surface area contributed by atoms with E-state index in [1.54, 1.807) is 25.5 Å². The highest BCUT2D eigenvalue weighted by atomic mass is 16.3. The molecule has 0 bridgehead atoms. The first-order chi connectivity index (χ1) is 17.8. The summed E-state index contributed by atoms with van der Waals surface area (Å²) >= 11 is 0. The minimum absolute atomic E-state index is 0.111. The first-order valence-electron chi connectivity index (χ1n) is 12.2. The molecule has 4 rings (SSSR count). The molecule has 0 aliphatic rings. The molecule has 0 fully saturated rings. The fourth-order valence-electron chi connectivity index (χ4n) is 4.25. The van der Waals surface area contributed by atoms with Crippen molar-refractivity contribution in [3.05, 3.63) is 72.3 Å². The summed E-state index contributed by atoms with van der Waals surface area (Å²) in [5, 5.41) is 16.4. The van der Waals surface area contributed by atoms with Gasteiger partial charge in [0.15, 0.2) is 0 Å². The number of aliphatic hydroxyl groups excluding tert-OH is 1. The first kappa shape index (κ1) is 26.0. The van der Waals surface area contributed by atoms with Gasteiger partial charge in [0.1, 0.15) is 18.0 Å². The molecule has 37 heavy (non-hydrogen) atoms. The van der Waals surface area contributed by atoms with Gasteiger partial charge >= 0.3 is 0 Å². The molecule has 0 saturated carbocycles. The maximum atomic E-state index is 12.2. The Morgan fingerprint density at radius 2 is 1.92 bits per heavy atom. The largest absolute Gasteiger partial charge is 0.396 e. The van der Waals surface area contributed by atoms with E-state index >= 15 is 0 Å². The molecule has 1 aromatic carbocycles. The molecule has 192 valence electrons. The topological polar surface area (TPSA) is 116 Å². The van der Waals surface area contributed by atoms with Gasteiger partial charge in [-0.25, -0.2) is 15.0 Å². The highest BCUT2D eigenvalue weighted by molar-refractivity contribution is 6.06. The molecule has 0 aliphatic carbocycles. The molecular weight excluding hydrogens is 466 g/mol. The zero-order valence-electron chi connectivity index (χ0n) is 21.7. The van der Waals surface area contributed by atoms with Gasteiger partial charge in [0.25, 0.3) is 5.91 Å². The number of hydrogen-bond acceptors (Lipinski definition) is 8. The van der Waals surface area contributed by atoms with Gasteiger partial charge in [0.2, 0.25) is 0 Å². The number of carbonyl (C=O) groups is 1. The summed E-state index contributed by atoms with van der Waals surface area (Å²) in [5.74, 6) is 1.43. The molecule has 3 N–H and O–H groups in total. The lowest BCUT2D eigenvalue weighted by atomic mass is 9.94. The fraction of sp³-hybridized carbons (Fsp3) is 0.321. The van der Waals surface area contributed by atoms with Crippen molar-refractivity contribution in [3.8, 4) is 11.3 Å². The SMILES string of the molecule is CNC(=O)c1ccnc2c(CCNc3cc(-c4ccc(N(C)CC(C)(C)CO)nc4)ncn3)cccc12. The van der Waals surface area contributed by atoms with Crippen LogP contribution in [0, 0.1) is 5.41 Å². The summed E-state index contributed by atoms with van der Waals surface area (Å²) in [7, 11) is 3.60. The third-order valence-corrected chi connectivity index (χ3v) is 6.22. The number of hydrogen-bond donors (Lipinski definition) is 3. The van der Waals surface area contributed by atoms with Crippen LogP contribution in [0.5, 0.6) is 0 Å². The molecule has 0 unspecified atom stereocenters. The Bertz CT molecular complexity index is 1370. The van der Waals surface area contributed by atoms with Crippen LogP contribution in [-0.4, -0.2) is 64.7 Å². The Balaban J connectivity index is 1.43. The monoisotopic (exact) mass is 499 g/mol. The van der Waals surface area contributed by atoms with Crippen molar-refractivity contribution < 1.29 is 9.90 Å². The number of rotatable bonds is 10. The number of amides is 1. The molecule has 0 spiro atoms. The van der Waals surface area contributed by atoms with E-state index in [2.05, 4.69) is 30.6 Å². The van der Waals surface area contributed by atoms with Gasteiger partial charge in [0, 0.05) is 68.6 Å². The number of aromatic nitrogens is 4. The second-order valence-electron chi connectivity index (χ2n) is 9.80. The van der Waals surface area contributed by atoms with Crippen LogP contribution in [0.25, 0.3) is 22.2 Å². The highest BCUT2D eigenvalue weighted by Crippen LogP contribution is 2.24. The van der Waals surface area contributed by atoms with Crippen LogP contribution in [0.15, 0.2) is 61.2 Å². The molecule has 4 aromatic rings. The maximum absolute atomic E-state index is 12.2. The van der Waals surface area contributed by atoms with E-state index < -0.39 is 0 Å². The Kier molecular flexibility index (Phi) is 7.93. The van der Waals surface area contributed by atoms with Gasteiger partial charge in [-0.1, -0.05) is 32.0 Å². The standard InChI is InChI=1S/C28H33N7O2/c1-28(2,17-36)16-35(4)25-9-8-20(15-32-25)23-14-24(34-18-33-23)30-12-10-19-6-5-7-21-22(27(37)29-3)11-13-31-26(19)21/h5-9,11,13-15,18,36H,10,12,16-17H2,1-4H3,(H,29,37)(H,30,33,34). The Morgan fingerprint density at radius 1 is 1.08 bits per heavy atom. The number of pyridine rings is 2. The average molecular weight is 500 g/mol. The zero-order valence-corrected chi connectivity index (χ0v) is 21.7. The van der Waals surface area contributed by atoms with Gasteiger partial charge in [-0.15, -0.1) is 0 Å². The molecule has 0 aliphatic heterocycles. The Hall–Kier alpha value is -4.11. The highest BCUT2D eigenvalue weighted by Gasteiger charge is 2.20. The number of nitrogens with one attached hydrogen (secondary N) is 2. The predicted octanol–water partition coefficient (Wildman–Crippen LogP) is 3.56. The maximum Gasteiger partial charge on any atom is 0.251 e. The summed E-state index contributed by atoms with van der Waals surface area (Å²) in [4.78, 5) is 32.1. The molecule has 3 aromatic heterocycles. The number of fused-ring (bicyclic) bond motifs is 1. The molecular formula is C28H33N7O2. The molecule has 0 atom stereocenters. The van der Waals surface area contributed by atoms with Crippen molar-refractivity contribution in [2.45, 2.75) is 20.3 Å². The van der Waals surface area contributed by atoms with Crippen LogP contribution in [0.4, 0.5) is 11.6 Å². The third kappa shape index (κ3) is 6.18. The third-order valence-electron chi connectivity index (χ3n) is 6.22. The van der Waals surface area contributed by atoms with E-state index in [1.807, 2.05) is 62.2 Å². The second-order valence-corrected chi connectivity index (χ2v) is 9.80. The minimum Gasteiger partial charge on any atom is -0.396 e. The number of para-hydroxylation sites is 1. The van der Waals surface area contributed by atoms with Crippen molar-refractivity contribution in [1.29, 1.82) is 0 Å². The summed E-state index contributed by atoms with van der Waals surface area (Å²) in [6.45, 7) is 5.49. The summed E-state index contributed by atoms with van der Waals surface area (Å²) in [6.07, 6.45) is 5.73. The lowest BCUT2D eigenvalue weighted by Gasteiger charge is -2.29. The summed E-state index contributed by atoms with van der Waals surface area (Å²) in [5.41, 5.74) is 3.95. The van der Waals surface area contributed by atoms with Crippen molar-refractivity contribution in [1.82, 2.24) is 25.3 Å². The summed E-state index contributed by atoms with van der Waals surface area (Å²) in [6, 6.07) is 13.5. The minimum atomic E-state index is -0.211. The Morgan fingerprint density at radius 3 is 2.65 bits per heavy atom. The van der Waals surface area contributed by atoms with E-state index in [9.17, 15) is 9.90 Å². The van der Waals surface area contributed by atoms with Crippen LogP contribution in [0.3, 0.4) is 0 Å². The summed E-state index contributed by atoms with van der Waals surface area (Å²) < 4.78 is 0. The van der Waals surface area contributed by atoms with Crippen LogP contribution in [0.1, 0.15) is 29.8 Å². The van der Waals surface area contributed by atoms with E-state index in [0.717, 1.165) is 39.4 Å². The van der Waals surface area contributed by atoms with Gasteiger partial charge in [0.05, 0.1) is 16.8 Å². The van der Waals surface area contributed by atoms with Gasteiger partial charge in [-0.3, -0.25) is 9.78 Å². The van der Waals surface area contributed by atoms with E-state index in [-0.39, 0.29) is 17.9 Å². The van der Waals surface area contributed by atoms with E-state index in [0.29, 0.717) is 25.1 Å². The smallest absolute Gasteiger partial charge is 0.251 e.